The summed E-state index contributed by atoms with van der Waals surface area (Å²) in [5, 5.41) is 5.44. The highest BCUT2D eigenvalue weighted by Crippen LogP contribution is 2.35. The van der Waals surface area contributed by atoms with Crippen LogP contribution < -0.4 is 5.56 Å². The van der Waals surface area contributed by atoms with E-state index in [1.165, 1.54) is 22.2 Å². The minimum absolute atomic E-state index is 0.0700. The first-order valence-electron chi connectivity index (χ1n) is 7.20. The summed E-state index contributed by atoms with van der Waals surface area (Å²) < 4.78 is 6.86. The van der Waals surface area contributed by atoms with Crippen LogP contribution in [0.2, 0.25) is 0 Å². The maximum atomic E-state index is 12.7. The molecule has 22 heavy (non-hydrogen) atoms. The van der Waals surface area contributed by atoms with E-state index in [1.54, 1.807) is 23.0 Å². The van der Waals surface area contributed by atoms with Gasteiger partial charge < -0.3 is 4.52 Å². The molecule has 0 N–H and O–H groups in total. The van der Waals surface area contributed by atoms with E-state index in [2.05, 4.69) is 5.16 Å². The predicted octanol–water partition coefficient (Wildman–Crippen LogP) is 3.07. The van der Waals surface area contributed by atoms with Crippen molar-refractivity contribution in [3.8, 4) is 0 Å². The van der Waals surface area contributed by atoms with Crippen LogP contribution in [0.25, 0.3) is 10.2 Å². The molecule has 1 aliphatic carbocycles. The molecule has 3 heterocycles. The number of nitrogens with zero attached hydrogens (tertiary/aromatic N) is 3. The van der Waals surface area contributed by atoms with Gasteiger partial charge in [0.1, 0.15) is 10.6 Å². The van der Waals surface area contributed by atoms with E-state index in [9.17, 15) is 4.79 Å². The summed E-state index contributed by atoms with van der Waals surface area (Å²) >= 11 is 3.18. The van der Waals surface area contributed by atoms with E-state index < -0.39 is 0 Å². The molecule has 0 aromatic carbocycles. The SMILES string of the molecule is Cc1cc(CSc2nc3sc4c(c3c(=O)n2C)CCC4)on1. The zero-order valence-electron chi connectivity index (χ0n) is 12.4. The summed E-state index contributed by atoms with van der Waals surface area (Å²) in [6.45, 7) is 1.89. The minimum Gasteiger partial charge on any atom is -0.360 e. The van der Waals surface area contributed by atoms with Gasteiger partial charge in [0.25, 0.3) is 5.56 Å². The molecule has 0 bridgehead atoms. The first kappa shape index (κ1) is 14.0. The van der Waals surface area contributed by atoms with Crippen molar-refractivity contribution < 1.29 is 4.52 Å². The Balaban J connectivity index is 1.72. The first-order chi connectivity index (χ1) is 10.6. The molecule has 3 aromatic rings. The van der Waals surface area contributed by atoms with Crippen LogP contribution in [0.3, 0.4) is 0 Å². The Labute approximate surface area is 135 Å². The summed E-state index contributed by atoms with van der Waals surface area (Å²) in [6, 6.07) is 1.91. The maximum Gasteiger partial charge on any atom is 0.262 e. The molecule has 7 heteroatoms. The van der Waals surface area contributed by atoms with Crippen molar-refractivity contribution in [1.82, 2.24) is 14.7 Å². The molecule has 3 aromatic heterocycles. The number of hydrogen-bond acceptors (Lipinski definition) is 6. The molecule has 0 radical (unpaired) electrons. The van der Waals surface area contributed by atoms with Crippen molar-refractivity contribution in [3.63, 3.8) is 0 Å². The quantitative estimate of drug-likeness (QED) is 0.544. The molecule has 0 aliphatic heterocycles. The minimum atomic E-state index is 0.0700. The topological polar surface area (TPSA) is 60.9 Å². The lowest BCUT2D eigenvalue weighted by Gasteiger charge is -2.06. The van der Waals surface area contributed by atoms with Gasteiger partial charge in [-0.3, -0.25) is 9.36 Å². The van der Waals surface area contributed by atoms with Crippen LogP contribution in [-0.4, -0.2) is 14.7 Å². The fourth-order valence-corrected chi connectivity index (χ4v) is 5.00. The monoisotopic (exact) mass is 333 g/mol. The van der Waals surface area contributed by atoms with Gasteiger partial charge in [-0.05, 0) is 31.7 Å². The average molecular weight is 333 g/mol. The Morgan fingerprint density at radius 2 is 2.32 bits per heavy atom. The molecule has 0 saturated carbocycles. The zero-order chi connectivity index (χ0) is 15.3. The second-order valence-electron chi connectivity index (χ2n) is 5.52. The standard InChI is InChI=1S/C15H15N3O2S2/c1-8-6-9(20-17-8)7-21-15-16-13-12(14(19)18(15)2)10-4-3-5-11(10)22-13/h6H,3-5,7H2,1-2H3. The predicted molar refractivity (Wildman–Crippen MR) is 87.7 cm³/mol. The molecule has 0 atom stereocenters. The van der Waals surface area contributed by atoms with Gasteiger partial charge in [0, 0.05) is 18.0 Å². The second-order valence-corrected chi connectivity index (χ2v) is 7.55. The lowest BCUT2D eigenvalue weighted by molar-refractivity contribution is 0.391. The van der Waals surface area contributed by atoms with Gasteiger partial charge in [-0.15, -0.1) is 11.3 Å². The summed E-state index contributed by atoms with van der Waals surface area (Å²) in [4.78, 5) is 19.6. The second kappa shape index (κ2) is 5.24. The Bertz CT molecular complexity index is 923. The van der Waals surface area contributed by atoms with Gasteiger partial charge >= 0.3 is 0 Å². The Hall–Kier alpha value is -1.60. The number of thioether (sulfide) groups is 1. The van der Waals surface area contributed by atoms with Gasteiger partial charge in [-0.25, -0.2) is 4.98 Å². The van der Waals surface area contributed by atoms with Gasteiger partial charge in [0.15, 0.2) is 5.16 Å². The van der Waals surface area contributed by atoms with Crippen molar-refractivity contribution in [2.24, 2.45) is 7.05 Å². The van der Waals surface area contributed by atoms with E-state index in [1.807, 2.05) is 13.0 Å². The van der Waals surface area contributed by atoms with E-state index >= 15 is 0 Å². The fraction of sp³-hybridized carbons (Fsp3) is 0.400. The molecule has 5 nitrogen and oxygen atoms in total. The Morgan fingerprint density at radius 1 is 1.45 bits per heavy atom. The largest absolute Gasteiger partial charge is 0.360 e. The summed E-state index contributed by atoms with van der Waals surface area (Å²) in [5.41, 5.74) is 2.17. The summed E-state index contributed by atoms with van der Waals surface area (Å²) in [6.07, 6.45) is 3.25. The highest BCUT2D eigenvalue weighted by molar-refractivity contribution is 7.98. The number of thiophene rings is 1. The van der Waals surface area contributed by atoms with Crippen molar-refractivity contribution in [1.29, 1.82) is 0 Å². The third-order valence-corrected chi connectivity index (χ3v) is 6.16. The number of hydrogen-bond donors (Lipinski definition) is 0. The first-order valence-corrected chi connectivity index (χ1v) is 9.00. The number of fused-ring (bicyclic) bond motifs is 3. The molecule has 0 amide bonds. The Kier molecular flexibility index (Phi) is 3.34. The fourth-order valence-electron chi connectivity index (χ4n) is 2.85. The van der Waals surface area contributed by atoms with Crippen LogP contribution >= 0.6 is 23.1 Å². The molecule has 0 fully saturated rings. The highest BCUT2D eigenvalue weighted by Gasteiger charge is 2.22. The van der Waals surface area contributed by atoms with Crippen LogP contribution in [0.4, 0.5) is 0 Å². The number of aromatic nitrogens is 3. The molecule has 0 saturated heterocycles. The Morgan fingerprint density at radius 3 is 3.09 bits per heavy atom. The summed E-state index contributed by atoms with van der Waals surface area (Å²) in [7, 11) is 1.79. The molecule has 1 aliphatic rings. The van der Waals surface area contributed by atoms with Gasteiger partial charge in [0.2, 0.25) is 0 Å². The maximum absolute atomic E-state index is 12.7. The average Bonchev–Trinajstić information content (AvgIpc) is 3.16. The van der Waals surface area contributed by atoms with E-state index in [-0.39, 0.29) is 5.56 Å². The normalized spacial score (nSPS) is 13.9. The lowest BCUT2D eigenvalue weighted by atomic mass is 10.2. The molecule has 4 rings (SSSR count). The molecule has 0 spiro atoms. The van der Waals surface area contributed by atoms with E-state index in [4.69, 9.17) is 9.51 Å². The third kappa shape index (κ3) is 2.19. The van der Waals surface area contributed by atoms with Gasteiger partial charge in [-0.2, -0.15) is 0 Å². The van der Waals surface area contributed by atoms with Crippen LogP contribution in [-0.2, 0) is 25.6 Å². The number of rotatable bonds is 3. The van der Waals surface area contributed by atoms with Crippen LogP contribution in [0.5, 0.6) is 0 Å². The van der Waals surface area contributed by atoms with Crippen molar-refractivity contribution in [2.45, 2.75) is 37.1 Å². The molecule has 114 valence electrons. The van der Waals surface area contributed by atoms with Gasteiger partial charge in [-0.1, -0.05) is 16.9 Å². The molecule has 0 unspecified atom stereocenters. The van der Waals surface area contributed by atoms with Crippen molar-refractivity contribution >= 4 is 33.3 Å². The highest BCUT2D eigenvalue weighted by atomic mass is 32.2. The van der Waals surface area contributed by atoms with Crippen molar-refractivity contribution in [3.05, 3.63) is 38.3 Å². The number of aryl methyl sites for hydroxylation is 3. The van der Waals surface area contributed by atoms with Gasteiger partial charge in [0.05, 0.1) is 16.8 Å². The zero-order valence-corrected chi connectivity index (χ0v) is 14.0. The molecular formula is C15H15N3O2S2. The third-order valence-electron chi connectivity index (χ3n) is 3.93. The smallest absolute Gasteiger partial charge is 0.262 e. The lowest BCUT2D eigenvalue weighted by Crippen LogP contribution is -2.20. The van der Waals surface area contributed by atoms with E-state index in [0.29, 0.717) is 5.75 Å². The van der Waals surface area contributed by atoms with Crippen LogP contribution in [0.15, 0.2) is 20.5 Å². The van der Waals surface area contributed by atoms with Crippen LogP contribution in [0.1, 0.15) is 28.3 Å². The van der Waals surface area contributed by atoms with Crippen LogP contribution in [0, 0.1) is 6.92 Å². The van der Waals surface area contributed by atoms with Crippen molar-refractivity contribution in [2.75, 3.05) is 0 Å². The van der Waals surface area contributed by atoms with E-state index in [0.717, 1.165) is 46.1 Å². The summed E-state index contributed by atoms with van der Waals surface area (Å²) in [5.74, 6) is 1.42. The molecular weight excluding hydrogens is 318 g/mol.